The maximum atomic E-state index is 13.6. The summed E-state index contributed by atoms with van der Waals surface area (Å²) < 4.78 is 45.2. The van der Waals surface area contributed by atoms with Crippen LogP contribution in [0.5, 0.6) is 0 Å². The summed E-state index contributed by atoms with van der Waals surface area (Å²) in [5.74, 6) is -3.84. The lowest BCUT2D eigenvalue weighted by Gasteiger charge is -2.21. The fourth-order valence-corrected chi connectivity index (χ4v) is 2.20. The maximum Gasteiger partial charge on any atom is 0.243 e. The van der Waals surface area contributed by atoms with Gasteiger partial charge in [-0.15, -0.1) is 0 Å². The first kappa shape index (κ1) is 20.0. The Kier molecular flexibility index (Phi) is 7.26. The molecule has 0 atom stereocenters. The van der Waals surface area contributed by atoms with Crippen LogP contribution in [0.1, 0.15) is 12.8 Å². The van der Waals surface area contributed by atoms with Gasteiger partial charge in [0.1, 0.15) is 0 Å². The molecule has 6 nitrogen and oxygen atoms in total. The van der Waals surface area contributed by atoms with Gasteiger partial charge in [-0.05, 0) is 30.9 Å². The fourth-order valence-electron chi connectivity index (χ4n) is 2.20. The Balaban J connectivity index is 1.76. The largest absolute Gasteiger partial charge is 0.379 e. The van der Waals surface area contributed by atoms with E-state index in [9.17, 15) is 18.0 Å². The van der Waals surface area contributed by atoms with Crippen LogP contribution in [0.25, 0.3) is 0 Å². The summed E-state index contributed by atoms with van der Waals surface area (Å²) in [6.45, 7) is 1.69. The van der Waals surface area contributed by atoms with Crippen molar-refractivity contribution in [3.05, 3.63) is 29.6 Å². The van der Waals surface area contributed by atoms with Crippen LogP contribution in [0, 0.1) is 23.4 Å². The van der Waals surface area contributed by atoms with E-state index in [4.69, 9.17) is 4.74 Å². The van der Waals surface area contributed by atoms with E-state index in [0.29, 0.717) is 25.0 Å². The van der Waals surface area contributed by atoms with E-state index in [-0.39, 0.29) is 6.54 Å². The van der Waals surface area contributed by atoms with Crippen molar-refractivity contribution in [1.82, 2.24) is 10.2 Å². The van der Waals surface area contributed by atoms with Gasteiger partial charge >= 0.3 is 0 Å². The van der Waals surface area contributed by atoms with Crippen LogP contribution in [0.4, 0.5) is 18.9 Å². The van der Waals surface area contributed by atoms with Crippen LogP contribution in [0.15, 0.2) is 17.1 Å². The van der Waals surface area contributed by atoms with Crippen LogP contribution in [0.3, 0.4) is 0 Å². The zero-order valence-electron chi connectivity index (χ0n) is 14.8. The number of carbonyl (C=O) groups excluding carboxylic acids is 1. The van der Waals surface area contributed by atoms with Crippen LogP contribution in [0.2, 0.25) is 0 Å². The van der Waals surface area contributed by atoms with Crippen molar-refractivity contribution < 1.29 is 22.7 Å². The van der Waals surface area contributed by atoms with Crippen molar-refractivity contribution in [2.75, 3.05) is 45.7 Å². The van der Waals surface area contributed by atoms with Crippen LogP contribution in [-0.4, -0.2) is 57.2 Å². The maximum absolute atomic E-state index is 13.6. The van der Waals surface area contributed by atoms with Crippen molar-refractivity contribution >= 4 is 17.6 Å². The first-order valence-electron chi connectivity index (χ1n) is 8.35. The van der Waals surface area contributed by atoms with Crippen molar-refractivity contribution in [2.45, 2.75) is 12.8 Å². The summed E-state index contributed by atoms with van der Waals surface area (Å²) in [5, 5.41) is 5.00. The number of hydrogen-bond acceptors (Lipinski definition) is 3. The minimum Gasteiger partial charge on any atom is -0.379 e. The molecule has 26 heavy (non-hydrogen) atoms. The van der Waals surface area contributed by atoms with Crippen LogP contribution >= 0.6 is 0 Å². The first-order valence-corrected chi connectivity index (χ1v) is 8.35. The third-order valence-electron chi connectivity index (χ3n) is 3.91. The van der Waals surface area contributed by atoms with Crippen molar-refractivity contribution in [3.8, 4) is 0 Å². The summed E-state index contributed by atoms with van der Waals surface area (Å²) in [7, 11) is 3.36. The van der Waals surface area contributed by atoms with E-state index < -0.39 is 29.0 Å². The number of rotatable bonds is 8. The van der Waals surface area contributed by atoms with E-state index in [0.717, 1.165) is 18.7 Å². The Morgan fingerprint density at radius 2 is 2.04 bits per heavy atom. The molecular formula is C17H23F3N4O2. The zero-order chi connectivity index (χ0) is 19.1. The smallest absolute Gasteiger partial charge is 0.243 e. The summed E-state index contributed by atoms with van der Waals surface area (Å²) in [5.41, 5.74) is -0.424. The fraction of sp³-hybridized carbons (Fsp3) is 0.529. The van der Waals surface area contributed by atoms with E-state index in [2.05, 4.69) is 15.6 Å². The normalized spacial score (nSPS) is 14.3. The summed E-state index contributed by atoms with van der Waals surface area (Å²) in [6, 6.07) is 1.71. The van der Waals surface area contributed by atoms with Crippen LogP contribution < -0.4 is 10.6 Å². The molecule has 2 N–H and O–H groups in total. The van der Waals surface area contributed by atoms with Gasteiger partial charge in [0, 0.05) is 27.2 Å². The monoisotopic (exact) mass is 372 g/mol. The minimum atomic E-state index is -1.63. The number of nitrogens with zero attached hydrogens (tertiary/aromatic N) is 2. The molecule has 0 aliphatic heterocycles. The molecule has 0 aromatic heterocycles. The second kappa shape index (κ2) is 9.42. The number of nitrogens with one attached hydrogen (secondary N) is 2. The highest BCUT2D eigenvalue weighted by atomic mass is 19.2. The number of aliphatic imine (C=N–C) groups is 1. The molecule has 0 saturated heterocycles. The number of anilines is 1. The highest BCUT2D eigenvalue weighted by Crippen LogP contribution is 2.28. The lowest BCUT2D eigenvalue weighted by Crippen LogP contribution is -2.43. The zero-order valence-corrected chi connectivity index (χ0v) is 14.8. The molecule has 9 heteroatoms. The quantitative estimate of drug-likeness (QED) is 0.317. The molecule has 2 rings (SSSR count). The van der Waals surface area contributed by atoms with Crippen molar-refractivity contribution in [3.63, 3.8) is 0 Å². The molecule has 0 bridgehead atoms. The number of halogens is 3. The average Bonchev–Trinajstić information content (AvgIpc) is 3.44. The van der Waals surface area contributed by atoms with E-state index in [1.807, 2.05) is 0 Å². The van der Waals surface area contributed by atoms with Gasteiger partial charge in [0.2, 0.25) is 5.91 Å². The number of ether oxygens (including phenoxy) is 1. The topological polar surface area (TPSA) is 66.0 Å². The molecule has 1 aliphatic rings. The van der Waals surface area contributed by atoms with E-state index in [1.165, 1.54) is 12.8 Å². The molecule has 1 aliphatic carbocycles. The summed E-state index contributed by atoms with van der Waals surface area (Å²) >= 11 is 0. The number of benzene rings is 1. The van der Waals surface area contributed by atoms with E-state index >= 15 is 0 Å². The second-order valence-corrected chi connectivity index (χ2v) is 6.11. The minimum absolute atomic E-state index is 0.210. The summed E-state index contributed by atoms with van der Waals surface area (Å²) in [4.78, 5) is 17.7. The lowest BCUT2D eigenvalue weighted by molar-refractivity contribution is -0.115. The van der Waals surface area contributed by atoms with Crippen molar-refractivity contribution in [2.24, 2.45) is 10.9 Å². The van der Waals surface area contributed by atoms with Crippen LogP contribution in [-0.2, 0) is 9.53 Å². The van der Waals surface area contributed by atoms with Gasteiger partial charge in [-0.1, -0.05) is 0 Å². The first-order chi connectivity index (χ1) is 12.4. The third-order valence-corrected chi connectivity index (χ3v) is 3.91. The Labute approximate surface area is 150 Å². The Hall–Kier alpha value is -2.29. The molecular weight excluding hydrogens is 349 g/mol. The molecule has 1 saturated carbocycles. The number of hydrogen-bond donors (Lipinski definition) is 2. The third kappa shape index (κ3) is 5.91. The second-order valence-electron chi connectivity index (χ2n) is 6.11. The highest BCUT2D eigenvalue weighted by Gasteiger charge is 2.21. The number of carbonyl (C=O) groups is 1. The lowest BCUT2D eigenvalue weighted by atomic mass is 10.2. The Morgan fingerprint density at radius 1 is 1.31 bits per heavy atom. The van der Waals surface area contributed by atoms with Gasteiger partial charge in [-0.3, -0.25) is 9.79 Å². The Bertz CT molecular complexity index is 666. The molecule has 1 aromatic carbocycles. The van der Waals surface area contributed by atoms with Gasteiger partial charge < -0.3 is 20.3 Å². The molecule has 0 heterocycles. The van der Waals surface area contributed by atoms with Gasteiger partial charge in [-0.25, -0.2) is 13.2 Å². The molecule has 1 fully saturated rings. The number of likely N-dealkylation sites (N-methyl/N-ethyl adjacent to an activating group) is 1. The highest BCUT2D eigenvalue weighted by molar-refractivity contribution is 5.95. The van der Waals surface area contributed by atoms with Gasteiger partial charge in [0.25, 0.3) is 0 Å². The SMILES string of the molecule is CN=C(NCC(=O)Nc1ccc(F)c(F)c1F)N(C)CCOCC1CC1. The number of amides is 1. The molecule has 0 unspecified atom stereocenters. The van der Waals surface area contributed by atoms with Gasteiger partial charge in [-0.2, -0.15) is 0 Å². The molecule has 144 valence electrons. The predicted octanol–water partition coefficient (Wildman–Crippen LogP) is 1.98. The number of guanidine groups is 1. The standard InChI is InChI=1S/C17H23F3N4O2/c1-21-17(24(2)7-8-26-10-11-3-4-11)22-9-14(25)23-13-6-5-12(18)15(19)16(13)20/h5-6,11H,3-4,7-10H2,1-2H3,(H,21,22)(H,23,25). The molecule has 1 aromatic rings. The molecule has 1 amide bonds. The average molecular weight is 372 g/mol. The van der Waals surface area contributed by atoms with Gasteiger partial charge in [0.15, 0.2) is 23.4 Å². The molecule has 0 radical (unpaired) electrons. The molecule has 0 spiro atoms. The summed E-state index contributed by atoms with van der Waals surface area (Å²) in [6.07, 6.45) is 2.46. The van der Waals surface area contributed by atoms with Crippen molar-refractivity contribution in [1.29, 1.82) is 0 Å². The van der Waals surface area contributed by atoms with Gasteiger partial charge in [0.05, 0.1) is 18.8 Å². The predicted molar refractivity (Wildman–Crippen MR) is 92.5 cm³/mol. The van der Waals surface area contributed by atoms with E-state index in [1.54, 1.807) is 19.0 Å². The Morgan fingerprint density at radius 3 is 2.69 bits per heavy atom.